The first-order chi connectivity index (χ1) is 7.28. The second-order valence-corrected chi connectivity index (χ2v) is 5.96. The number of anilines is 1. The Morgan fingerprint density at radius 3 is 2.93 bits per heavy atom. The van der Waals surface area contributed by atoms with E-state index in [1.807, 2.05) is 0 Å². The molecule has 0 fully saturated rings. The van der Waals surface area contributed by atoms with Crippen molar-refractivity contribution >= 4 is 39.6 Å². The minimum Gasteiger partial charge on any atom is -0.374 e. The van der Waals surface area contributed by atoms with Gasteiger partial charge in [0, 0.05) is 11.1 Å². The molecule has 2 rings (SSSR count). The van der Waals surface area contributed by atoms with Gasteiger partial charge in [0.25, 0.3) is 0 Å². The topological polar surface area (TPSA) is 64.7 Å². The largest absolute Gasteiger partial charge is 0.374 e. The highest BCUT2D eigenvalue weighted by Gasteiger charge is 2.04. The highest BCUT2D eigenvalue weighted by molar-refractivity contribution is 8.00. The zero-order valence-corrected chi connectivity index (χ0v) is 10.6. The third-order valence-electron chi connectivity index (χ3n) is 1.67. The Hall–Kier alpha value is -0.660. The third-order valence-corrected chi connectivity index (χ3v) is 4.63. The van der Waals surface area contributed by atoms with Gasteiger partial charge in [-0.25, -0.2) is 4.98 Å². The van der Waals surface area contributed by atoms with Gasteiger partial charge in [-0.15, -0.1) is 21.5 Å². The molecular weight excluding hydrogens is 248 g/mol. The first-order valence-electron chi connectivity index (χ1n) is 4.43. The van der Waals surface area contributed by atoms with E-state index in [1.54, 1.807) is 23.1 Å². The van der Waals surface area contributed by atoms with Crippen LogP contribution >= 0.6 is 34.4 Å². The molecule has 15 heavy (non-hydrogen) atoms. The van der Waals surface area contributed by atoms with E-state index < -0.39 is 0 Å². The average Bonchev–Trinajstić information content (AvgIpc) is 2.83. The minimum absolute atomic E-state index is 0.519. The summed E-state index contributed by atoms with van der Waals surface area (Å²) in [6, 6.07) is 0. The Labute approximate surface area is 100.0 Å². The van der Waals surface area contributed by atoms with Crippen LogP contribution in [0.3, 0.4) is 0 Å². The highest BCUT2D eigenvalue weighted by Crippen LogP contribution is 2.27. The van der Waals surface area contributed by atoms with Gasteiger partial charge in [0.05, 0.1) is 10.7 Å². The molecule has 0 aliphatic carbocycles. The summed E-state index contributed by atoms with van der Waals surface area (Å²) in [5.74, 6) is 0.838. The van der Waals surface area contributed by atoms with Crippen LogP contribution in [0.2, 0.25) is 0 Å². The smallest absolute Gasteiger partial charge is 0.203 e. The molecule has 2 aromatic rings. The molecule has 0 aromatic carbocycles. The summed E-state index contributed by atoms with van der Waals surface area (Å²) in [4.78, 5) is 4.47. The molecule has 0 aliphatic rings. The average molecular weight is 258 g/mol. The van der Waals surface area contributed by atoms with E-state index in [-0.39, 0.29) is 0 Å². The Balaban J connectivity index is 1.93. The maximum absolute atomic E-state index is 5.49. The molecule has 0 unspecified atom stereocenters. The summed E-state index contributed by atoms with van der Waals surface area (Å²) in [6.07, 6.45) is 1.00. The molecule has 0 bridgehead atoms. The molecule has 0 radical (unpaired) electrons. The molecule has 2 aromatic heterocycles. The van der Waals surface area contributed by atoms with E-state index in [1.165, 1.54) is 16.3 Å². The number of aromatic nitrogens is 3. The normalized spacial score (nSPS) is 10.7. The maximum atomic E-state index is 5.49. The number of aryl methyl sites for hydroxylation is 1. The SMILES string of the molecule is CCc1nc(CSc2nnc(N)s2)cs1. The van der Waals surface area contributed by atoms with Crippen molar-refractivity contribution in [2.24, 2.45) is 0 Å². The monoisotopic (exact) mass is 258 g/mol. The van der Waals surface area contributed by atoms with Gasteiger partial charge in [0.1, 0.15) is 0 Å². The Kier molecular flexibility index (Phi) is 3.55. The molecule has 7 heteroatoms. The number of hydrogen-bond acceptors (Lipinski definition) is 7. The lowest BCUT2D eigenvalue weighted by Crippen LogP contribution is -1.82. The van der Waals surface area contributed by atoms with Crippen molar-refractivity contribution in [3.63, 3.8) is 0 Å². The molecular formula is C8H10N4S3. The van der Waals surface area contributed by atoms with E-state index in [2.05, 4.69) is 27.5 Å². The summed E-state index contributed by atoms with van der Waals surface area (Å²) in [5, 5.41) is 11.5. The molecule has 2 heterocycles. The van der Waals surface area contributed by atoms with E-state index in [0.717, 1.165) is 22.2 Å². The predicted molar refractivity (Wildman–Crippen MR) is 65.4 cm³/mol. The summed E-state index contributed by atoms with van der Waals surface area (Å²) >= 11 is 4.75. The van der Waals surface area contributed by atoms with Crippen molar-refractivity contribution in [1.82, 2.24) is 15.2 Å². The Bertz CT molecular complexity index is 437. The van der Waals surface area contributed by atoms with Crippen LogP contribution in [0.15, 0.2) is 9.72 Å². The van der Waals surface area contributed by atoms with Crippen LogP contribution in [0.1, 0.15) is 17.6 Å². The van der Waals surface area contributed by atoms with Gasteiger partial charge in [0.15, 0.2) is 4.34 Å². The van der Waals surface area contributed by atoms with Gasteiger partial charge in [-0.2, -0.15) is 0 Å². The van der Waals surface area contributed by atoms with E-state index in [4.69, 9.17) is 5.73 Å². The van der Waals surface area contributed by atoms with Gasteiger partial charge >= 0.3 is 0 Å². The first kappa shape index (κ1) is 10.8. The van der Waals surface area contributed by atoms with Gasteiger partial charge < -0.3 is 5.73 Å². The number of nitrogens with two attached hydrogens (primary N) is 1. The van der Waals surface area contributed by atoms with Crippen LogP contribution in [0.4, 0.5) is 5.13 Å². The fraction of sp³-hybridized carbons (Fsp3) is 0.375. The zero-order valence-electron chi connectivity index (χ0n) is 8.14. The van der Waals surface area contributed by atoms with E-state index in [9.17, 15) is 0 Å². The summed E-state index contributed by atoms with van der Waals surface area (Å²) in [7, 11) is 0. The van der Waals surface area contributed by atoms with Crippen LogP contribution in [0.25, 0.3) is 0 Å². The van der Waals surface area contributed by atoms with Crippen LogP contribution < -0.4 is 5.73 Å². The summed E-state index contributed by atoms with van der Waals surface area (Å²) in [6.45, 7) is 2.11. The summed E-state index contributed by atoms with van der Waals surface area (Å²) < 4.78 is 0.901. The fourth-order valence-corrected chi connectivity index (χ4v) is 3.37. The molecule has 4 nitrogen and oxygen atoms in total. The number of nitrogens with zero attached hydrogens (tertiary/aromatic N) is 3. The lowest BCUT2D eigenvalue weighted by molar-refractivity contribution is 1.01. The highest BCUT2D eigenvalue weighted by atomic mass is 32.2. The van der Waals surface area contributed by atoms with E-state index >= 15 is 0 Å². The molecule has 0 aliphatic heterocycles. The van der Waals surface area contributed by atoms with E-state index in [0.29, 0.717) is 5.13 Å². The van der Waals surface area contributed by atoms with Crippen molar-refractivity contribution < 1.29 is 0 Å². The van der Waals surface area contributed by atoms with Crippen LogP contribution in [-0.4, -0.2) is 15.2 Å². The second-order valence-electron chi connectivity index (χ2n) is 2.78. The number of thiazole rings is 1. The third kappa shape index (κ3) is 2.90. The zero-order chi connectivity index (χ0) is 10.7. The molecule has 0 spiro atoms. The lowest BCUT2D eigenvalue weighted by Gasteiger charge is -1.91. The molecule has 0 saturated carbocycles. The second kappa shape index (κ2) is 4.91. The van der Waals surface area contributed by atoms with Gasteiger partial charge in [-0.05, 0) is 6.42 Å². The number of thioether (sulfide) groups is 1. The van der Waals surface area contributed by atoms with Crippen molar-refractivity contribution in [2.75, 3.05) is 5.73 Å². The minimum atomic E-state index is 0.519. The van der Waals surface area contributed by atoms with Crippen molar-refractivity contribution in [2.45, 2.75) is 23.4 Å². The van der Waals surface area contributed by atoms with Gasteiger partial charge in [-0.3, -0.25) is 0 Å². The first-order valence-corrected chi connectivity index (χ1v) is 7.11. The lowest BCUT2D eigenvalue weighted by atomic mass is 10.5. The molecule has 0 saturated heterocycles. The Morgan fingerprint density at radius 1 is 1.47 bits per heavy atom. The number of rotatable bonds is 4. The fourth-order valence-electron chi connectivity index (χ4n) is 0.992. The quantitative estimate of drug-likeness (QED) is 0.853. The van der Waals surface area contributed by atoms with Gasteiger partial charge in [0.2, 0.25) is 5.13 Å². The van der Waals surface area contributed by atoms with Crippen molar-refractivity contribution in [3.05, 3.63) is 16.1 Å². The van der Waals surface area contributed by atoms with Crippen molar-refractivity contribution in [3.8, 4) is 0 Å². The van der Waals surface area contributed by atoms with Crippen LogP contribution in [0.5, 0.6) is 0 Å². The van der Waals surface area contributed by atoms with Gasteiger partial charge in [-0.1, -0.05) is 30.0 Å². The Morgan fingerprint density at radius 2 is 2.33 bits per heavy atom. The van der Waals surface area contributed by atoms with Crippen LogP contribution in [0, 0.1) is 0 Å². The molecule has 0 atom stereocenters. The standard InChI is InChI=1S/C8H10N4S3/c1-2-6-10-5(3-13-6)4-14-8-12-11-7(9)15-8/h3H,2,4H2,1H3,(H2,9,11). The molecule has 2 N–H and O–H groups in total. The number of hydrogen-bond donors (Lipinski definition) is 1. The molecule has 0 amide bonds. The molecule has 80 valence electrons. The maximum Gasteiger partial charge on any atom is 0.203 e. The summed E-state index contributed by atoms with van der Waals surface area (Å²) in [5.41, 5.74) is 6.60. The van der Waals surface area contributed by atoms with Crippen molar-refractivity contribution in [1.29, 1.82) is 0 Å². The predicted octanol–water partition coefficient (Wildman–Crippen LogP) is 2.43. The van der Waals surface area contributed by atoms with Crippen LogP contribution in [-0.2, 0) is 12.2 Å². The number of nitrogen functional groups attached to an aromatic ring is 1.